The Morgan fingerprint density at radius 1 is 1.31 bits per heavy atom. The molecule has 16 heavy (non-hydrogen) atoms. The van der Waals surface area contributed by atoms with E-state index in [1.54, 1.807) is 18.2 Å². The second kappa shape index (κ2) is 5.11. The lowest BCUT2D eigenvalue weighted by Gasteiger charge is -2.19. The summed E-state index contributed by atoms with van der Waals surface area (Å²) < 4.78 is 14.2. The number of aliphatic hydroxyl groups excluding tert-OH is 1. The molecule has 0 amide bonds. The standard InChI is InChI=1S/C13H14BrFO/c14-11-8-4-7-10(12(11)15)13(16)9-5-2-1-3-6-9/h4-5,7-8,13,16H,1-3,6H2. The van der Waals surface area contributed by atoms with E-state index in [1.165, 1.54) is 0 Å². The molecule has 1 nitrogen and oxygen atoms in total. The third-order valence-electron chi connectivity index (χ3n) is 2.95. The fourth-order valence-corrected chi connectivity index (χ4v) is 2.42. The molecular formula is C13H14BrFO. The van der Waals surface area contributed by atoms with Crippen molar-refractivity contribution in [2.75, 3.05) is 0 Å². The molecule has 0 fully saturated rings. The minimum atomic E-state index is -0.794. The van der Waals surface area contributed by atoms with E-state index in [1.807, 2.05) is 6.08 Å². The molecule has 0 bridgehead atoms. The van der Waals surface area contributed by atoms with Crippen LogP contribution in [0, 0.1) is 5.82 Å². The van der Waals surface area contributed by atoms with Crippen molar-refractivity contribution in [3.63, 3.8) is 0 Å². The summed E-state index contributed by atoms with van der Waals surface area (Å²) in [5.41, 5.74) is 1.31. The molecule has 1 N–H and O–H groups in total. The minimum absolute atomic E-state index is 0.360. The molecule has 86 valence electrons. The highest BCUT2D eigenvalue weighted by Gasteiger charge is 2.19. The molecule has 1 atom stereocenters. The van der Waals surface area contributed by atoms with Gasteiger partial charge in [-0.3, -0.25) is 0 Å². The van der Waals surface area contributed by atoms with Gasteiger partial charge >= 0.3 is 0 Å². The highest BCUT2D eigenvalue weighted by Crippen LogP contribution is 2.32. The van der Waals surface area contributed by atoms with Crippen molar-refractivity contribution >= 4 is 15.9 Å². The summed E-state index contributed by atoms with van der Waals surface area (Å²) in [6.45, 7) is 0. The van der Waals surface area contributed by atoms with Crippen LogP contribution in [0.25, 0.3) is 0 Å². The van der Waals surface area contributed by atoms with Crippen LogP contribution in [0.2, 0.25) is 0 Å². The van der Waals surface area contributed by atoms with Gasteiger partial charge in [0.2, 0.25) is 0 Å². The summed E-state index contributed by atoms with van der Waals surface area (Å²) in [6.07, 6.45) is 5.34. The van der Waals surface area contributed by atoms with Gasteiger partial charge in [-0.2, -0.15) is 0 Å². The maximum Gasteiger partial charge on any atom is 0.143 e. The van der Waals surface area contributed by atoms with Gasteiger partial charge in [0.25, 0.3) is 0 Å². The zero-order chi connectivity index (χ0) is 11.5. The van der Waals surface area contributed by atoms with Crippen LogP contribution in [-0.4, -0.2) is 5.11 Å². The monoisotopic (exact) mass is 284 g/mol. The third kappa shape index (κ3) is 2.36. The number of benzene rings is 1. The Bertz CT molecular complexity index is 414. The lowest BCUT2D eigenvalue weighted by molar-refractivity contribution is 0.203. The van der Waals surface area contributed by atoms with Gasteiger partial charge in [-0.15, -0.1) is 0 Å². The van der Waals surface area contributed by atoms with E-state index in [0.29, 0.717) is 10.0 Å². The van der Waals surface area contributed by atoms with Crippen LogP contribution in [0.4, 0.5) is 4.39 Å². The van der Waals surface area contributed by atoms with E-state index in [2.05, 4.69) is 15.9 Å². The molecule has 1 unspecified atom stereocenters. The number of halogens is 2. The molecule has 3 heteroatoms. The lowest BCUT2D eigenvalue weighted by Crippen LogP contribution is -2.07. The largest absolute Gasteiger partial charge is 0.384 e. The van der Waals surface area contributed by atoms with Gasteiger partial charge in [-0.05, 0) is 53.3 Å². The lowest BCUT2D eigenvalue weighted by atomic mass is 9.91. The average molecular weight is 285 g/mol. The number of aliphatic hydroxyl groups is 1. The topological polar surface area (TPSA) is 20.2 Å². The van der Waals surface area contributed by atoms with Crippen LogP contribution < -0.4 is 0 Å². The molecule has 0 aliphatic heterocycles. The van der Waals surface area contributed by atoms with Crippen molar-refractivity contribution in [1.82, 2.24) is 0 Å². The Labute approximate surface area is 103 Å². The Morgan fingerprint density at radius 2 is 2.12 bits per heavy atom. The first-order valence-electron chi connectivity index (χ1n) is 5.51. The summed E-state index contributed by atoms with van der Waals surface area (Å²) in [7, 11) is 0. The molecular weight excluding hydrogens is 271 g/mol. The molecule has 0 saturated carbocycles. The number of allylic oxidation sites excluding steroid dienone is 1. The predicted molar refractivity (Wildman–Crippen MR) is 65.6 cm³/mol. The predicted octanol–water partition coefficient (Wildman–Crippen LogP) is 4.12. The smallest absolute Gasteiger partial charge is 0.143 e. The zero-order valence-electron chi connectivity index (χ0n) is 8.92. The molecule has 0 saturated heterocycles. The van der Waals surface area contributed by atoms with Crippen molar-refractivity contribution < 1.29 is 9.50 Å². The number of hydrogen-bond donors (Lipinski definition) is 1. The van der Waals surface area contributed by atoms with Gasteiger partial charge in [0.1, 0.15) is 11.9 Å². The average Bonchev–Trinajstić information content (AvgIpc) is 2.33. The van der Waals surface area contributed by atoms with Crippen LogP contribution in [0.1, 0.15) is 37.4 Å². The van der Waals surface area contributed by atoms with Crippen LogP contribution >= 0.6 is 15.9 Å². The molecule has 0 aromatic heterocycles. The maximum absolute atomic E-state index is 13.8. The zero-order valence-corrected chi connectivity index (χ0v) is 10.5. The quantitative estimate of drug-likeness (QED) is 0.810. The second-order valence-corrected chi connectivity index (χ2v) is 4.92. The molecule has 0 radical (unpaired) electrons. The Kier molecular flexibility index (Phi) is 3.77. The fraction of sp³-hybridized carbons (Fsp3) is 0.385. The molecule has 1 aromatic rings. The second-order valence-electron chi connectivity index (χ2n) is 4.07. The van der Waals surface area contributed by atoms with E-state index in [-0.39, 0.29) is 5.82 Å². The molecule has 2 rings (SSSR count). The first-order chi connectivity index (χ1) is 7.70. The third-order valence-corrected chi connectivity index (χ3v) is 3.57. The SMILES string of the molecule is OC(C1=CCCCC1)c1cccc(Br)c1F. The van der Waals surface area contributed by atoms with Crippen molar-refractivity contribution in [2.24, 2.45) is 0 Å². The van der Waals surface area contributed by atoms with Gasteiger partial charge in [-0.1, -0.05) is 18.2 Å². The van der Waals surface area contributed by atoms with Gasteiger partial charge in [0.15, 0.2) is 0 Å². The Balaban J connectivity index is 2.29. The highest BCUT2D eigenvalue weighted by molar-refractivity contribution is 9.10. The summed E-state index contributed by atoms with van der Waals surface area (Å²) >= 11 is 3.13. The van der Waals surface area contributed by atoms with Crippen LogP contribution in [0.15, 0.2) is 34.3 Å². The van der Waals surface area contributed by atoms with Crippen LogP contribution in [0.3, 0.4) is 0 Å². The molecule has 0 spiro atoms. The molecule has 0 heterocycles. The van der Waals surface area contributed by atoms with E-state index in [4.69, 9.17) is 0 Å². The van der Waals surface area contributed by atoms with Crippen molar-refractivity contribution in [3.8, 4) is 0 Å². The van der Waals surface area contributed by atoms with Crippen LogP contribution in [0.5, 0.6) is 0 Å². The van der Waals surface area contributed by atoms with Gasteiger partial charge in [0, 0.05) is 5.56 Å². The van der Waals surface area contributed by atoms with Crippen LogP contribution in [-0.2, 0) is 0 Å². The molecule has 1 aromatic carbocycles. The minimum Gasteiger partial charge on any atom is -0.384 e. The maximum atomic E-state index is 13.8. The summed E-state index contributed by atoms with van der Waals surface area (Å²) in [6, 6.07) is 5.02. The molecule has 1 aliphatic rings. The molecule has 1 aliphatic carbocycles. The van der Waals surface area contributed by atoms with Gasteiger partial charge in [-0.25, -0.2) is 4.39 Å². The Hall–Kier alpha value is -0.670. The van der Waals surface area contributed by atoms with E-state index in [0.717, 1.165) is 31.3 Å². The summed E-state index contributed by atoms with van der Waals surface area (Å²) in [5.74, 6) is -0.360. The summed E-state index contributed by atoms with van der Waals surface area (Å²) in [5, 5.41) is 10.1. The van der Waals surface area contributed by atoms with Crippen molar-refractivity contribution in [1.29, 1.82) is 0 Å². The van der Waals surface area contributed by atoms with Gasteiger partial charge < -0.3 is 5.11 Å². The normalized spacial score (nSPS) is 18.1. The highest BCUT2D eigenvalue weighted by atomic mass is 79.9. The summed E-state index contributed by atoms with van der Waals surface area (Å²) in [4.78, 5) is 0. The number of rotatable bonds is 2. The van der Waals surface area contributed by atoms with E-state index >= 15 is 0 Å². The first kappa shape index (κ1) is 11.8. The van der Waals surface area contributed by atoms with Gasteiger partial charge in [0.05, 0.1) is 4.47 Å². The van der Waals surface area contributed by atoms with E-state index < -0.39 is 6.10 Å². The number of hydrogen-bond acceptors (Lipinski definition) is 1. The van der Waals surface area contributed by atoms with E-state index in [9.17, 15) is 9.50 Å². The van der Waals surface area contributed by atoms with Crippen molar-refractivity contribution in [3.05, 3.63) is 45.7 Å². The first-order valence-corrected chi connectivity index (χ1v) is 6.30. The Morgan fingerprint density at radius 3 is 2.81 bits per heavy atom. The van der Waals surface area contributed by atoms with Crippen molar-refractivity contribution in [2.45, 2.75) is 31.8 Å². The fourth-order valence-electron chi connectivity index (χ4n) is 2.04.